The Morgan fingerprint density at radius 3 is 2.22 bits per heavy atom. The Labute approximate surface area is 242 Å². The van der Waals surface area contributed by atoms with E-state index in [1.54, 1.807) is 12.1 Å². The number of amides is 2. The lowest BCUT2D eigenvalue weighted by Crippen LogP contribution is -2.54. The Bertz CT molecular complexity index is 1420. The molecule has 0 bridgehead atoms. The Morgan fingerprint density at radius 2 is 1.59 bits per heavy atom. The summed E-state index contributed by atoms with van der Waals surface area (Å²) in [5.41, 5.74) is 1.62. The van der Waals surface area contributed by atoms with E-state index < -0.39 is 34.3 Å². The van der Waals surface area contributed by atoms with Crippen molar-refractivity contribution in [3.8, 4) is 0 Å². The minimum Gasteiger partial charge on any atom is -0.352 e. The molecule has 218 valence electrons. The highest BCUT2D eigenvalue weighted by Gasteiger charge is 2.35. The van der Waals surface area contributed by atoms with Crippen molar-refractivity contribution in [1.82, 2.24) is 10.2 Å². The van der Waals surface area contributed by atoms with Gasteiger partial charge in [-0.3, -0.25) is 13.9 Å². The quantitative estimate of drug-likeness (QED) is 0.318. The number of rotatable bonds is 12. The monoisotopic (exact) mass is 579 g/mol. The summed E-state index contributed by atoms with van der Waals surface area (Å²) in [5, 5.41) is 3.09. The van der Waals surface area contributed by atoms with Crippen LogP contribution in [0.3, 0.4) is 0 Å². The highest BCUT2D eigenvalue weighted by Crippen LogP contribution is 2.27. The fourth-order valence-electron chi connectivity index (χ4n) is 5.27. The Hall–Kier alpha value is -3.72. The van der Waals surface area contributed by atoms with Crippen LogP contribution in [0.5, 0.6) is 0 Å². The first-order chi connectivity index (χ1) is 19.7. The van der Waals surface area contributed by atoms with Gasteiger partial charge in [0.2, 0.25) is 11.8 Å². The summed E-state index contributed by atoms with van der Waals surface area (Å²) in [4.78, 5) is 28.9. The van der Waals surface area contributed by atoms with Gasteiger partial charge in [-0.25, -0.2) is 12.8 Å². The zero-order valence-corrected chi connectivity index (χ0v) is 24.4. The van der Waals surface area contributed by atoms with Crippen LogP contribution in [0.2, 0.25) is 0 Å². The second-order valence-electron chi connectivity index (χ2n) is 10.5. The van der Waals surface area contributed by atoms with E-state index in [1.165, 1.54) is 35.2 Å². The molecule has 41 heavy (non-hydrogen) atoms. The first kappa shape index (κ1) is 30.2. The highest BCUT2D eigenvalue weighted by atomic mass is 32.2. The number of nitrogens with zero attached hydrogens (tertiary/aromatic N) is 2. The molecule has 2 amide bonds. The van der Waals surface area contributed by atoms with Crippen LogP contribution in [0, 0.1) is 12.7 Å². The fourth-order valence-corrected chi connectivity index (χ4v) is 6.69. The molecule has 0 heterocycles. The number of aryl methyl sites for hydroxylation is 1. The van der Waals surface area contributed by atoms with E-state index in [0.717, 1.165) is 47.2 Å². The smallest absolute Gasteiger partial charge is 0.264 e. The molecular weight excluding hydrogens is 541 g/mol. The molecule has 1 atom stereocenters. The number of hydrogen-bond acceptors (Lipinski definition) is 4. The molecule has 0 aliphatic heterocycles. The number of anilines is 1. The molecule has 1 aliphatic rings. The number of nitrogens with one attached hydrogen (secondary N) is 1. The van der Waals surface area contributed by atoms with Crippen molar-refractivity contribution >= 4 is 27.5 Å². The summed E-state index contributed by atoms with van der Waals surface area (Å²) in [5.74, 6) is -1.59. The van der Waals surface area contributed by atoms with Crippen molar-refractivity contribution in [1.29, 1.82) is 0 Å². The molecule has 1 N–H and O–H groups in total. The molecule has 3 aromatic carbocycles. The third-order valence-electron chi connectivity index (χ3n) is 7.58. The zero-order chi connectivity index (χ0) is 29.4. The van der Waals surface area contributed by atoms with Crippen molar-refractivity contribution in [3.63, 3.8) is 0 Å². The Kier molecular flexibility index (Phi) is 10.2. The summed E-state index contributed by atoms with van der Waals surface area (Å²) >= 11 is 0. The van der Waals surface area contributed by atoms with Crippen molar-refractivity contribution in [3.05, 3.63) is 95.8 Å². The van der Waals surface area contributed by atoms with Crippen molar-refractivity contribution in [2.45, 2.75) is 69.4 Å². The van der Waals surface area contributed by atoms with Crippen LogP contribution in [0.1, 0.15) is 50.2 Å². The van der Waals surface area contributed by atoms with E-state index in [2.05, 4.69) is 5.32 Å². The predicted octanol–water partition coefficient (Wildman–Crippen LogP) is 5.24. The molecule has 1 aliphatic carbocycles. The third kappa shape index (κ3) is 7.52. The maximum Gasteiger partial charge on any atom is 0.264 e. The number of hydrogen-bond donors (Lipinski definition) is 1. The van der Waals surface area contributed by atoms with E-state index in [1.807, 2.05) is 44.2 Å². The van der Waals surface area contributed by atoms with Crippen LogP contribution >= 0.6 is 0 Å². The zero-order valence-electron chi connectivity index (χ0n) is 23.6. The number of sulfonamides is 1. The van der Waals surface area contributed by atoms with Gasteiger partial charge in [0.25, 0.3) is 10.0 Å². The lowest BCUT2D eigenvalue weighted by atomic mass is 10.1. The maximum absolute atomic E-state index is 15.1. The number of carbonyl (C=O) groups excluding carboxylic acids is 2. The molecule has 4 rings (SSSR count). The van der Waals surface area contributed by atoms with E-state index in [0.29, 0.717) is 12.8 Å². The van der Waals surface area contributed by atoms with E-state index in [9.17, 15) is 18.0 Å². The summed E-state index contributed by atoms with van der Waals surface area (Å²) in [6.07, 6.45) is 4.72. The van der Waals surface area contributed by atoms with Crippen LogP contribution in [0.4, 0.5) is 10.1 Å². The van der Waals surface area contributed by atoms with Gasteiger partial charge >= 0.3 is 0 Å². The number of benzene rings is 3. The molecule has 1 saturated carbocycles. The minimum absolute atomic E-state index is 0.0546. The van der Waals surface area contributed by atoms with Crippen LogP contribution in [-0.4, -0.2) is 50.3 Å². The molecule has 0 aromatic heterocycles. The molecule has 0 spiro atoms. The number of halogens is 1. The summed E-state index contributed by atoms with van der Waals surface area (Å²) in [6, 6.07) is 20.5. The third-order valence-corrected chi connectivity index (χ3v) is 9.35. The molecular formula is C32H38FN3O4S. The van der Waals surface area contributed by atoms with Gasteiger partial charge < -0.3 is 10.2 Å². The van der Waals surface area contributed by atoms with Gasteiger partial charge in [-0.1, -0.05) is 79.9 Å². The maximum atomic E-state index is 15.1. The lowest BCUT2D eigenvalue weighted by molar-refractivity contribution is -0.139. The van der Waals surface area contributed by atoms with Gasteiger partial charge in [-0.15, -0.1) is 0 Å². The average Bonchev–Trinajstić information content (AvgIpc) is 3.48. The Balaban J connectivity index is 1.68. The molecule has 7 nitrogen and oxygen atoms in total. The molecule has 9 heteroatoms. The van der Waals surface area contributed by atoms with Crippen LogP contribution in [0.15, 0.2) is 83.8 Å². The average molecular weight is 580 g/mol. The van der Waals surface area contributed by atoms with Gasteiger partial charge in [-0.05, 0) is 62.4 Å². The van der Waals surface area contributed by atoms with Gasteiger partial charge in [0.05, 0.1) is 10.6 Å². The first-order valence-electron chi connectivity index (χ1n) is 14.2. The van der Waals surface area contributed by atoms with E-state index in [4.69, 9.17) is 0 Å². The van der Waals surface area contributed by atoms with E-state index >= 15 is 4.39 Å². The predicted molar refractivity (Wildman–Crippen MR) is 158 cm³/mol. The number of para-hydroxylation sites is 1. The van der Waals surface area contributed by atoms with Gasteiger partial charge in [0.1, 0.15) is 18.4 Å². The molecule has 0 saturated heterocycles. The van der Waals surface area contributed by atoms with Crippen LogP contribution in [-0.2, 0) is 26.0 Å². The van der Waals surface area contributed by atoms with Crippen LogP contribution in [0.25, 0.3) is 0 Å². The first-order valence-corrected chi connectivity index (χ1v) is 15.6. The molecule has 3 aromatic rings. The van der Waals surface area contributed by atoms with E-state index in [-0.39, 0.29) is 29.1 Å². The Morgan fingerprint density at radius 1 is 0.951 bits per heavy atom. The summed E-state index contributed by atoms with van der Waals surface area (Å²) in [7, 11) is -4.32. The standard InChI is InChI=1S/C32H38FN3O4S/c1-3-29(32(38)34-26-13-7-8-14-26)35(22-21-25-11-5-4-6-12-25)31(37)23-36(30-16-10-9-15-28(30)33)41(39,40)27-19-17-24(2)18-20-27/h4-6,9-12,15-20,26,29H,3,7-8,13-14,21-23H2,1-2H3,(H,34,38)/t29-/m0/s1. The topological polar surface area (TPSA) is 86.8 Å². The van der Waals surface area contributed by atoms with Crippen molar-refractivity contribution in [2.24, 2.45) is 0 Å². The van der Waals surface area contributed by atoms with Crippen LogP contribution < -0.4 is 9.62 Å². The SMILES string of the molecule is CC[C@@H](C(=O)NC1CCCC1)N(CCc1ccccc1)C(=O)CN(c1ccccc1F)S(=O)(=O)c1ccc(C)cc1. The van der Waals surface area contributed by atoms with Gasteiger partial charge in [-0.2, -0.15) is 0 Å². The minimum atomic E-state index is -4.32. The largest absolute Gasteiger partial charge is 0.352 e. The summed E-state index contributed by atoms with van der Waals surface area (Å²) < 4.78 is 43.6. The molecule has 0 radical (unpaired) electrons. The van der Waals surface area contributed by atoms with Crippen molar-refractivity contribution < 1.29 is 22.4 Å². The van der Waals surface area contributed by atoms with Gasteiger partial charge in [0.15, 0.2) is 0 Å². The second-order valence-corrected chi connectivity index (χ2v) is 12.4. The number of carbonyl (C=O) groups is 2. The van der Waals surface area contributed by atoms with Gasteiger partial charge in [0, 0.05) is 12.6 Å². The normalized spacial score (nSPS) is 14.4. The van der Waals surface area contributed by atoms with Crippen molar-refractivity contribution in [2.75, 3.05) is 17.4 Å². The molecule has 0 unspecified atom stereocenters. The highest BCUT2D eigenvalue weighted by molar-refractivity contribution is 7.92. The lowest BCUT2D eigenvalue weighted by Gasteiger charge is -2.33. The molecule has 1 fully saturated rings. The second kappa shape index (κ2) is 13.8. The fraction of sp³-hybridized carbons (Fsp3) is 0.375. The summed E-state index contributed by atoms with van der Waals surface area (Å²) in [6.45, 7) is 3.22.